The lowest BCUT2D eigenvalue weighted by Crippen LogP contribution is -2.34. The van der Waals surface area contributed by atoms with Gasteiger partial charge in [0, 0.05) is 17.2 Å². The van der Waals surface area contributed by atoms with E-state index in [2.05, 4.69) is 4.98 Å². The summed E-state index contributed by atoms with van der Waals surface area (Å²) in [5.41, 5.74) is -0.944. The Labute approximate surface area is 130 Å². The monoisotopic (exact) mass is 320 g/mol. The first-order chi connectivity index (χ1) is 10.7. The minimum atomic E-state index is -0.522. The van der Waals surface area contributed by atoms with Gasteiger partial charge in [0.1, 0.15) is 0 Å². The second-order valence-corrected chi connectivity index (χ2v) is 6.37. The Morgan fingerprint density at radius 1 is 1.27 bits per heavy atom. The molecule has 0 bridgehead atoms. The summed E-state index contributed by atoms with van der Waals surface area (Å²) in [6, 6.07) is 11.1. The highest BCUT2D eigenvalue weighted by molar-refractivity contribution is 8.00. The van der Waals surface area contributed by atoms with Gasteiger partial charge in [-0.25, -0.2) is 4.79 Å². The van der Waals surface area contributed by atoms with E-state index in [4.69, 9.17) is 4.74 Å². The SMILES string of the molecule is O=c1ccn([C@H]2O[C@@H](CO)CC2Sc2ccccc2)c(=O)[nH]1. The van der Waals surface area contributed by atoms with Gasteiger partial charge in [0.05, 0.1) is 18.0 Å². The van der Waals surface area contributed by atoms with Gasteiger partial charge in [0.2, 0.25) is 0 Å². The highest BCUT2D eigenvalue weighted by Crippen LogP contribution is 2.39. The second-order valence-electron chi connectivity index (χ2n) is 5.05. The summed E-state index contributed by atoms with van der Waals surface area (Å²) in [4.78, 5) is 26.5. The van der Waals surface area contributed by atoms with Crippen molar-refractivity contribution in [3.63, 3.8) is 0 Å². The van der Waals surface area contributed by atoms with Crippen LogP contribution < -0.4 is 11.2 Å². The number of H-pyrrole nitrogens is 1. The molecule has 3 atom stereocenters. The third-order valence-electron chi connectivity index (χ3n) is 3.50. The molecule has 0 amide bonds. The fourth-order valence-electron chi connectivity index (χ4n) is 2.49. The van der Waals surface area contributed by atoms with E-state index in [1.807, 2.05) is 30.3 Å². The van der Waals surface area contributed by atoms with Crippen molar-refractivity contribution in [1.82, 2.24) is 9.55 Å². The Morgan fingerprint density at radius 3 is 2.73 bits per heavy atom. The molecule has 1 aromatic carbocycles. The van der Waals surface area contributed by atoms with E-state index in [0.717, 1.165) is 4.90 Å². The molecule has 1 unspecified atom stereocenters. The number of aliphatic hydroxyl groups is 1. The van der Waals surface area contributed by atoms with Crippen LogP contribution in [0.5, 0.6) is 0 Å². The van der Waals surface area contributed by atoms with Crippen LogP contribution in [0.25, 0.3) is 0 Å². The van der Waals surface area contributed by atoms with Gasteiger partial charge in [-0.15, -0.1) is 11.8 Å². The summed E-state index contributed by atoms with van der Waals surface area (Å²) in [5, 5.41) is 9.32. The predicted molar refractivity (Wildman–Crippen MR) is 83.0 cm³/mol. The number of thioether (sulfide) groups is 1. The van der Waals surface area contributed by atoms with E-state index >= 15 is 0 Å². The van der Waals surface area contributed by atoms with Crippen molar-refractivity contribution >= 4 is 11.8 Å². The number of ether oxygens (including phenoxy) is 1. The minimum Gasteiger partial charge on any atom is -0.394 e. The molecule has 116 valence electrons. The lowest BCUT2D eigenvalue weighted by atomic mass is 10.2. The van der Waals surface area contributed by atoms with Gasteiger partial charge in [0.15, 0.2) is 6.23 Å². The molecular weight excluding hydrogens is 304 g/mol. The van der Waals surface area contributed by atoms with Crippen LogP contribution in [0.1, 0.15) is 12.6 Å². The second kappa shape index (κ2) is 6.51. The average molecular weight is 320 g/mol. The molecule has 2 aromatic rings. The molecule has 3 rings (SSSR count). The number of nitrogens with one attached hydrogen (secondary N) is 1. The summed E-state index contributed by atoms with van der Waals surface area (Å²) < 4.78 is 7.14. The third-order valence-corrected chi connectivity index (χ3v) is 4.78. The zero-order chi connectivity index (χ0) is 15.5. The third kappa shape index (κ3) is 3.16. The van der Waals surface area contributed by atoms with Crippen molar-refractivity contribution in [2.24, 2.45) is 0 Å². The molecule has 6 nitrogen and oxygen atoms in total. The van der Waals surface area contributed by atoms with E-state index in [9.17, 15) is 14.7 Å². The van der Waals surface area contributed by atoms with E-state index in [1.165, 1.54) is 16.8 Å². The summed E-state index contributed by atoms with van der Waals surface area (Å²) in [6.45, 7) is -0.0968. The van der Waals surface area contributed by atoms with Crippen LogP contribution in [0, 0.1) is 0 Å². The fraction of sp³-hybridized carbons (Fsp3) is 0.333. The molecule has 1 saturated heterocycles. The zero-order valence-electron chi connectivity index (χ0n) is 11.7. The first-order valence-electron chi connectivity index (χ1n) is 6.97. The number of hydrogen-bond acceptors (Lipinski definition) is 5. The topological polar surface area (TPSA) is 84.3 Å². The molecule has 1 aliphatic heterocycles. The van der Waals surface area contributed by atoms with E-state index in [0.29, 0.717) is 6.42 Å². The van der Waals surface area contributed by atoms with Crippen LogP contribution in [0.4, 0.5) is 0 Å². The van der Waals surface area contributed by atoms with Crippen molar-refractivity contribution in [3.05, 3.63) is 63.4 Å². The summed E-state index contributed by atoms with van der Waals surface area (Å²) in [5.74, 6) is 0. The predicted octanol–water partition coefficient (Wildman–Crippen LogP) is 0.977. The van der Waals surface area contributed by atoms with Gasteiger partial charge in [-0.05, 0) is 18.6 Å². The molecule has 22 heavy (non-hydrogen) atoms. The molecule has 7 heteroatoms. The van der Waals surface area contributed by atoms with Crippen LogP contribution in [0.3, 0.4) is 0 Å². The maximum Gasteiger partial charge on any atom is 0.330 e. The van der Waals surface area contributed by atoms with Crippen LogP contribution >= 0.6 is 11.8 Å². The van der Waals surface area contributed by atoms with Gasteiger partial charge in [0.25, 0.3) is 5.56 Å². The lowest BCUT2D eigenvalue weighted by molar-refractivity contribution is -0.0234. The minimum absolute atomic E-state index is 0.0249. The van der Waals surface area contributed by atoms with Crippen LogP contribution in [-0.2, 0) is 4.74 Å². The first kappa shape index (κ1) is 15.1. The van der Waals surface area contributed by atoms with Crippen molar-refractivity contribution < 1.29 is 9.84 Å². The van der Waals surface area contributed by atoms with Gasteiger partial charge in [-0.3, -0.25) is 14.3 Å². The van der Waals surface area contributed by atoms with Crippen molar-refractivity contribution in [3.8, 4) is 0 Å². The molecule has 0 aliphatic carbocycles. The lowest BCUT2D eigenvalue weighted by Gasteiger charge is -2.20. The Balaban J connectivity index is 1.89. The smallest absolute Gasteiger partial charge is 0.330 e. The zero-order valence-corrected chi connectivity index (χ0v) is 12.5. The van der Waals surface area contributed by atoms with Crippen LogP contribution in [-0.4, -0.2) is 32.6 Å². The maximum atomic E-state index is 12.0. The normalized spacial score (nSPS) is 24.5. The molecular formula is C15H16N2O4S. The Bertz CT molecular complexity index is 743. The van der Waals surface area contributed by atoms with Crippen LogP contribution in [0.15, 0.2) is 57.1 Å². The molecule has 2 N–H and O–H groups in total. The number of rotatable bonds is 4. The molecule has 1 aromatic heterocycles. The average Bonchev–Trinajstić information content (AvgIpc) is 2.91. The van der Waals surface area contributed by atoms with E-state index in [-0.39, 0.29) is 18.0 Å². The summed E-state index contributed by atoms with van der Waals surface area (Å²) in [6.07, 6.45) is 1.23. The largest absolute Gasteiger partial charge is 0.394 e. The molecule has 0 saturated carbocycles. The number of aromatic nitrogens is 2. The number of hydrogen-bond donors (Lipinski definition) is 2. The Kier molecular flexibility index (Phi) is 4.47. The Hall–Kier alpha value is -1.83. The van der Waals surface area contributed by atoms with Gasteiger partial charge in [-0.2, -0.15) is 0 Å². The van der Waals surface area contributed by atoms with Gasteiger partial charge < -0.3 is 9.84 Å². The number of aliphatic hydroxyl groups excluding tert-OH is 1. The number of nitrogens with zero attached hydrogens (tertiary/aromatic N) is 1. The summed E-state index contributed by atoms with van der Waals surface area (Å²) >= 11 is 1.60. The maximum absolute atomic E-state index is 12.0. The first-order valence-corrected chi connectivity index (χ1v) is 7.85. The molecule has 1 aliphatic rings. The van der Waals surface area contributed by atoms with Crippen LogP contribution in [0.2, 0.25) is 0 Å². The quantitative estimate of drug-likeness (QED) is 0.877. The van der Waals surface area contributed by atoms with E-state index in [1.54, 1.807) is 11.8 Å². The molecule has 0 spiro atoms. The number of aromatic amines is 1. The summed E-state index contributed by atoms with van der Waals surface area (Å²) in [7, 11) is 0. The van der Waals surface area contributed by atoms with Crippen molar-refractivity contribution in [2.45, 2.75) is 28.9 Å². The van der Waals surface area contributed by atoms with Crippen molar-refractivity contribution in [2.75, 3.05) is 6.61 Å². The van der Waals surface area contributed by atoms with Crippen molar-refractivity contribution in [1.29, 1.82) is 0 Å². The molecule has 0 radical (unpaired) electrons. The Morgan fingerprint density at radius 2 is 2.05 bits per heavy atom. The number of benzene rings is 1. The van der Waals surface area contributed by atoms with E-state index < -0.39 is 17.5 Å². The van der Waals surface area contributed by atoms with Gasteiger partial charge in [-0.1, -0.05) is 18.2 Å². The highest BCUT2D eigenvalue weighted by atomic mass is 32.2. The highest BCUT2D eigenvalue weighted by Gasteiger charge is 2.37. The standard InChI is InChI=1S/C15H16N2O4S/c18-9-10-8-12(22-11-4-2-1-3-5-11)14(21-10)17-7-6-13(19)16-15(17)20/h1-7,10,12,14,18H,8-9H2,(H,16,19,20)/t10-,12?,14+/m1/s1. The fourth-order valence-corrected chi connectivity index (χ4v) is 3.77. The molecule has 1 fully saturated rings. The van der Waals surface area contributed by atoms with Gasteiger partial charge >= 0.3 is 5.69 Å². The molecule has 2 heterocycles.